The van der Waals surface area contributed by atoms with Crippen molar-refractivity contribution in [3.8, 4) is 5.88 Å². The molecule has 0 aliphatic carbocycles. The number of alkyl halides is 1. The highest BCUT2D eigenvalue weighted by atomic mass is 79.9. The van der Waals surface area contributed by atoms with Crippen molar-refractivity contribution < 1.29 is 4.74 Å². The lowest BCUT2D eigenvalue weighted by atomic mass is 10.0. The van der Waals surface area contributed by atoms with Gasteiger partial charge >= 0.3 is 0 Å². The minimum absolute atomic E-state index is 0.141. The number of piperidine rings is 1. The second-order valence-corrected chi connectivity index (χ2v) is 7.47. The Bertz CT molecular complexity index is 480. The molecule has 20 heavy (non-hydrogen) atoms. The zero-order valence-electron chi connectivity index (χ0n) is 12.3. The van der Waals surface area contributed by atoms with Gasteiger partial charge in [-0.2, -0.15) is 4.98 Å². The molecule has 0 aromatic carbocycles. The zero-order chi connectivity index (χ0) is 14.3. The Hall–Kier alpha value is -0.840. The molecule has 1 aromatic rings. The number of hydrogen-bond donors (Lipinski definition) is 0. The van der Waals surface area contributed by atoms with Crippen molar-refractivity contribution in [1.29, 1.82) is 0 Å². The molecule has 1 aromatic heterocycles. The summed E-state index contributed by atoms with van der Waals surface area (Å²) >= 11 is 3.78. The molecule has 2 bridgehead atoms. The molecule has 0 amide bonds. The maximum Gasteiger partial charge on any atom is 0.229 e. The Morgan fingerprint density at radius 1 is 1.25 bits per heavy atom. The fourth-order valence-corrected chi connectivity index (χ4v) is 4.24. The number of hydrogen-bond acceptors (Lipinski definition) is 4. The van der Waals surface area contributed by atoms with Crippen LogP contribution in [0.5, 0.6) is 5.88 Å². The number of ether oxygens (including phenoxy) is 1. The summed E-state index contributed by atoms with van der Waals surface area (Å²) in [6.45, 7) is 6.06. The number of halogens is 1. The van der Waals surface area contributed by atoms with E-state index in [-0.39, 0.29) is 6.10 Å². The third-order valence-electron chi connectivity index (χ3n) is 4.08. The van der Waals surface area contributed by atoms with E-state index < -0.39 is 0 Å². The van der Waals surface area contributed by atoms with E-state index in [0.717, 1.165) is 11.6 Å². The predicted molar refractivity (Wildman–Crippen MR) is 83.8 cm³/mol. The van der Waals surface area contributed by atoms with Gasteiger partial charge in [0.2, 0.25) is 11.8 Å². The zero-order valence-corrected chi connectivity index (χ0v) is 13.9. The van der Waals surface area contributed by atoms with Crippen LogP contribution in [0.3, 0.4) is 0 Å². The van der Waals surface area contributed by atoms with Gasteiger partial charge in [0, 0.05) is 28.7 Å². The largest absolute Gasteiger partial charge is 0.475 e. The van der Waals surface area contributed by atoms with Crippen LogP contribution in [0.25, 0.3) is 0 Å². The fourth-order valence-electron chi connectivity index (χ4n) is 3.38. The summed E-state index contributed by atoms with van der Waals surface area (Å²) in [5.74, 6) is 1.55. The molecule has 2 aliphatic rings. The average molecular weight is 340 g/mol. The molecule has 2 aliphatic heterocycles. The standard InChI is InChI=1S/C15H22BrN3O/c1-9(2)20-14-6-10(3)17-15(18-14)19-12-4-5-13(19)8-11(16)7-12/h6,9,11-13H,4-5,7-8H2,1-3H3. The number of nitrogens with zero attached hydrogens (tertiary/aromatic N) is 3. The van der Waals surface area contributed by atoms with Crippen molar-refractivity contribution in [2.75, 3.05) is 4.90 Å². The first-order chi connectivity index (χ1) is 9.52. The maximum absolute atomic E-state index is 5.75. The average Bonchev–Trinajstić information content (AvgIpc) is 2.60. The van der Waals surface area contributed by atoms with E-state index in [1.165, 1.54) is 25.7 Å². The molecule has 0 spiro atoms. The molecular formula is C15H22BrN3O. The lowest BCUT2D eigenvalue weighted by Crippen LogP contribution is -2.44. The molecule has 3 heterocycles. The molecule has 0 N–H and O–H groups in total. The summed E-state index contributed by atoms with van der Waals surface area (Å²) in [6.07, 6.45) is 5.03. The van der Waals surface area contributed by atoms with Crippen molar-refractivity contribution in [2.24, 2.45) is 0 Å². The lowest BCUT2D eigenvalue weighted by molar-refractivity contribution is 0.232. The Labute approximate surface area is 129 Å². The van der Waals surface area contributed by atoms with Crippen LogP contribution in [0.2, 0.25) is 0 Å². The maximum atomic E-state index is 5.75. The van der Waals surface area contributed by atoms with E-state index in [1.54, 1.807) is 0 Å². The Balaban J connectivity index is 1.88. The number of aromatic nitrogens is 2. The van der Waals surface area contributed by atoms with Crippen molar-refractivity contribution in [3.05, 3.63) is 11.8 Å². The first-order valence-corrected chi connectivity index (χ1v) is 8.39. The molecule has 0 radical (unpaired) electrons. The first-order valence-electron chi connectivity index (χ1n) is 7.47. The van der Waals surface area contributed by atoms with Crippen LogP contribution in [0, 0.1) is 6.92 Å². The minimum atomic E-state index is 0.141. The van der Waals surface area contributed by atoms with E-state index >= 15 is 0 Å². The van der Waals surface area contributed by atoms with E-state index in [1.807, 2.05) is 26.8 Å². The molecule has 110 valence electrons. The molecule has 2 fully saturated rings. The van der Waals surface area contributed by atoms with Crippen LogP contribution in [0.15, 0.2) is 6.07 Å². The summed E-state index contributed by atoms with van der Waals surface area (Å²) in [5, 5.41) is 0. The summed E-state index contributed by atoms with van der Waals surface area (Å²) in [5.41, 5.74) is 0.978. The number of aryl methyl sites for hydroxylation is 1. The smallest absolute Gasteiger partial charge is 0.229 e. The third-order valence-corrected chi connectivity index (χ3v) is 4.83. The van der Waals surface area contributed by atoms with Crippen molar-refractivity contribution in [1.82, 2.24) is 9.97 Å². The molecule has 3 rings (SSSR count). The second kappa shape index (κ2) is 5.51. The summed E-state index contributed by atoms with van der Waals surface area (Å²) in [6, 6.07) is 3.07. The first kappa shape index (κ1) is 14.1. The van der Waals surface area contributed by atoms with Crippen LogP contribution < -0.4 is 9.64 Å². The van der Waals surface area contributed by atoms with Crippen LogP contribution >= 0.6 is 15.9 Å². The van der Waals surface area contributed by atoms with Gasteiger partial charge in [0.1, 0.15) is 0 Å². The van der Waals surface area contributed by atoms with Gasteiger partial charge in [-0.05, 0) is 46.5 Å². The summed E-state index contributed by atoms with van der Waals surface area (Å²) < 4.78 is 5.75. The Morgan fingerprint density at radius 3 is 2.50 bits per heavy atom. The molecular weight excluding hydrogens is 318 g/mol. The highest BCUT2D eigenvalue weighted by Gasteiger charge is 2.41. The molecule has 0 saturated carbocycles. The van der Waals surface area contributed by atoms with Crippen molar-refractivity contribution in [3.63, 3.8) is 0 Å². The predicted octanol–water partition coefficient (Wildman–Crippen LogP) is 3.47. The second-order valence-electron chi connectivity index (χ2n) is 6.18. The Morgan fingerprint density at radius 2 is 1.90 bits per heavy atom. The summed E-state index contributed by atoms with van der Waals surface area (Å²) in [7, 11) is 0. The fraction of sp³-hybridized carbons (Fsp3) is 0.733. The van der Waals surface area contributed by atoms with E-state index in [9.17, 15) is 0 Å². The quantitative estimate of drug-likeness (QED) is 0.790. The van der Waals surface area contributed by atoms with Gasteiger partial charge in [-0.1, -0.05) is 15.9 Å². The van der Waals surface area contributed by atoms with Gasteiger partial charge < -0.3 is 9.64 Å². The van der Waals surface area contributed by atoms with E-state index in [4.69, 9.17) is 4.74 Å². The minimum Gasteiger partial charge on any atom is -0.475 e. The third kappa shape index (κ3) is 2.78. The van der Waals surface area contributed by atoms with Gasteiger partial charge in [-0.3, -0.25) is 0 Å². The van der Waals surface area contributed by atoms with Crippen LogP contribution in [0.4, 0.5) is 5.95 Å². The van der Waals surface area contributed by atoms with Gasteiger partial charge in [0.15, 0.2) is 0 Å². The van der Waals surface area contributed by atoms with Gasteiger partial charge in [-0.15, -0.1) is 0 Å². The SMILES string of the molecule is Cc1cc(OC(C)C)nc(N2C3CCC2CC(Br)C3)n1. The Kier molecular flexibility index (Phi) is 3.89. The molecule has 2 atom stereocenters. The summed E-state index contributed by atoms with van der Waals surface area (Å²) in [4.78, 5) is 12.4. The monoisotopic (exact) mass is 339 g/mol. The molecule has 2 unspecified atom stereocenters. The number of fused-ring (bicyclic) bond motifs is 2. The molecule has 5 heteroatoms. The normalized spacial score (nSPS) is 29.1. The van der Waals surface area contributed by atoms with Crippen molar-refractivity contribution in [2.45, 2.75) is 69.5 Å². The highest BCUT2D eigenvalue weighted by Crippen LogP contribution is 2.40. The lowest BCUT2D eigenvalue weighted by Gasteiger charge is -2.37. The topological polar surface area (TPSA) is 38.2 Å². The van der Waals surface area contributed by atoms with Crippen LogP contribution in [-0.2, 0) is 0 Å². The van der Waals surface area contributed by atoms with E-state index in [0.29, 0.717) is 22.8 Å². The van der Waals surface area contributed by atoms with Crippen LogP contribution in [-0.4, -0.2) is 33.0 Å². The van der Waals surface area contributed by atoms with Gasteiger partial charge in [0.05, 0.1) is 6.10 Å². The van der Waals surface area contributed by atoms with E-state index in [2.05, 4.69) is 30.8 Å². The van der Waals surface area contributed by atoms with Gasteiger partial charge in [0.25, 0.3) is 0 Å². The molecule has 4 nitrogen and oxygen atoms in total. The van der Waals surface area contributed by atoms with Crippen molar-refractivity contribution >= 4 is 21.9 Å². The number of anilines is 1. The number of rotatable bonds is 3. The van der Waals surface area contributed by atoms with Gasteiger partial charge in [-0.25, -0.2) is 4.98 Å². The van der Waals surface area contributed by atoms with Crippen LogP contribution in [0.1, 0.15) is 45.2 Å². The highest BCUT2D eigenvalue weighted by molar-refractivity contribution is 9.09. The molecule has 2 saturated heterocycles.